The maximum atomic E-state index is 11.1. The zero-order valence-corrected chi connectivity index (χ0v) is 7.49. The van der Waals surface area contributed by atoms with Crippen molar-refractivity contribution in [2.45, 2.75) is 12.8 Å². The van der Waals surface area contributed by atoms with Crippen LogP contribution in [0, 0.1) is 5.92 Å². The Balaban J connectivity index is 2.00. The van der Waals surface area contributed by atoms with E-state index in [2.05, 4.69) is 9.97 Å². The van der Waals surface area contributed by atoms with Gasteiger partial charge in [0, 0.05) is 0 Å². The molecule has 0 bridgehead atoms. The Labute approximate surface area is 79.9 Å². The fourth-order valence-corrected chi connectivity index (χ4v) is 0.943. The molecule has 1 saturated carbocycles. The minimum Gasteiger partial charge on any atom is -0.391 e. The van der Waals surface area contributed by atoms with E-state index in [0.717, 1.165) is 12.8 Å². The number of rotatable bonds is 2. The number of hydrogen-bond acceptors (Lipinski definition) is 4. The van der Waals surface area contributed by atoms with E-state index in [1.165, 1.54) is 12.4 Å². The highest BCUT2D eigenvalue weighted by atomic mass is 35.5. The predicted octanol–water partition coefficient (Wildman–Crippen LogP) is 1.45. The van der Waals surface area contributed by atoms with Crippen LogP contribution in [0.3, 0.4) is 0 Å². The van der Waals surface area contributed by atoms with E-state index >= 15 is 0 Å². The van der Waals surface area contributed by atoms with Gasteiger partial charge in [-0.3, -0.25) is 4.79 Å². The van der Waals surface area contributed by atoms with Crippen LogP contribution in [0.1, 0.15) is 12.8 Å². The van der Waals surface area contributed by atoms with E-state index in [0.29, 0.717) is 5.02 Å². The van der Waals surface area contributed by atoms with Crippen molar-refractivity contribution in [1.82, 2.24) is 9.97 Å². The summed E-state index contributed by atoms with van der Waals surface area (Å²) in [6.07, 6.45) is 4.60. The van der Waals surface area contributed by atoms with Crippen LogP contribution in [0.25, 0.3) is 0 Å². The van der Waals surface area contributed by atoms with Gasteiger partial charge >= 0.3 is 12.0 Å². The zero-order valence-electron chi connectivity index (χ0n) is 6.74. The minimum atomic E-state index is -0.248. The first-order chi connectivity index (χ1) is 6.25. The van der Waals surface area contributed by atoms with Crippen molar-refractivity contribution < 1.29 is 9.53 Å². The topological polar surface area (TPSA) is 52.1 Å². The van der Waals surface area contributed by atoms with Crippen LogP contribution in [-0.4, -0.2) is 15.9 Å². The van der Waals surface area contributed by atoms with Crippen LogP contribution in [0.15, 0.2) is 12.4 Å². The predicted molar refractivity (Wildman–Crippen MR) is 45.4 cm³/mol. The molecule has 1 aliphatic rings. The molecule has 1 fully saturated rings. The highest BCUT2D eigenvalue weighted by Crippen LogP contribution is 2.30. The summed E-state index contributed by atoms with van der Waals surface area (Å²) in [5, 5.41) is 0.422. The van der Waals surface area contributed by atoms with Crippen LogP contribution in [0.4, 0.5) is 0 Å². The first-order valence-corrected chi connectivity index (χ1v) is 4.33. The Morgan fingerprint density at radius 3 is 2.62 bits per heavy atom. The van der Waals surface area contributed by atoms with Crippen molar-refractivity contribution in [3.05, 3.63) is 17.4 Å². The molecule has 1 aliphatic carbocycles. The van der Waals surface area contributed by atoms with E-state index in [4.69, 9.17) is 16.3 Å². The van der Waals surface area contributed by atoms with Crippen LogP contribution < -0.4 is 4.74 Å². The number of ether oxygens (including phenoxy) is 1. The van der Waals surface area contributed by atoms with E-state index < -0.39 is 0 Å². The fourth-order valence-electron chi connectivity index (χ4n) is 0.845. The molecule has 13 heavy (non-hydrogen) atoms. The average molecular weight is 199 g/mol. The highest BCUT2D eigenvalue weighted by molar-refractivity contribution is 6.30. The summed E-state index contributed by atoms with van der Waals surface area (Å²) in [6.45, 7) is 0. The molecule has 0 saturated heterocycles. The summed E-state index contributed by atoms with van der Waals surface area (Å²) in [6, 6.07) is 0.0706. The monoisotopic (exact) mass is 198 g/mol. The summed E-state index contributed by atoms with van der Waals surface area (Å²) in [5.41, 5.74) is 0. The summed E-state index contributed by atoms with van der Waals surface area (Å²) in [5.74, 6) is -0.193. The van der Waals surface area contributed by atoms with Crippen LogP contribution >= 0.6 is 11.6 Å². The molecule has 2 rings (SSSR count). The molecule has 0 atom stereocenters. The lowest BCUT2D eigenvalue weighted by Gasteiger charge is -1.99. The van der Waals surface area contributed by atoms with E-state index in [1.807, 2.05) is 0 Å². The highest BCUT2D eigenvalue weighted by Gasteiger charge is 2.32. The van der Waals surface area contributed by atoms with Gasteiger partial charge in [-0.05, 0) is 12.8 Å². The molecule has 0 aliphatic heterocycles. The Morgan fingerprint density at radius 1 is 1.46 bits per heavy atom. The Hall–Kier alpha value is -1.16. The van der Waals surface area contributed by atoms with Gasteiger partial charge in [0.2, 0.25) is 0 Å². The van der Waals surface area contributed by atoms with Gasteiger partial charge in [0.1, 0.15) is 0 Å². The van der Waals surface area contributed by atoms with Crippen LogP contribution in [-0.2, 0) is 4.79 Å². The number of aromatic nitrogens is 2. The van der Waals surface area contributed by atoms with Gasteiger partial charge in [-0.25, -0.2) is 9.97 Å². The maximum Gasteiger partial charge on any atom is 0.324 e. The Morgan fingerprint density at radius 2 is 2.08 bits per heavy atom. The van der Waals surface area contributed by atoms with Crippen molar-refractivity contribution in [1.29, 1.82) is 0 Å². The number of carbonyl (C=O) groups excluding carboxylic acids is 1. The number of esters is 1. The molecule has 0 aromatic carbocycles. The third kappa shape index (κ3) is 2.15. The van der Waals surface area contributed by atoms with Crippen molar-refractivity contribution in [2.75, 3.05) is 0 Å². The lowest BCUT2D eigenvalue weighted by molar-refractivity contribution is -0.136. The fraction of sp³-hybridized carbons (Fsp3) is 0.375. The number of halogens is 1. The molecule has 68 valence electrons. The summed E-state index contributed by atoms with van der Waals surface area (Å²) in [4.78, 5) is 18.6. The summed E-state index contributed by atoms with van der Waals surface area (Å²) < 4.78 is 4.87. The molecule has 0 spiro atoms. The molecule has 0 radical (unpaired) electrons. The number of nitrogens with zero attached hydrogens (tertiary/aromatic N) is 2. The molecule has 5 heteroatoms. The number of carbonyl (C=O) groups is 1. The van der Waals surface area contributed by atoms with Gasteiger partial charge in [-0.1, -0.05) is 11.6 Å². The normalized spacial score (nSPS) is 15.5. The summed E-state index contributed by atoms with van der Waals surface area (Å²) >= 11 is 5.56. The number of hydrogen-bond donors (Lipinski definition) is 0. The first kappa shape index (κ1) is 8.44. The smallest absolute Gasteiger partial charge is 0.324 e. The SMILES string of the molecule is O=C(Oc1ncc(Cl)cn1)C1CC1. The molecule has 0 amide bonds. The van der Waals surface area contributed by atoms with Gasteiger partial charge in [0.25, 0.3) is 0 Å². The maximum absolute atomic E-state index is 11.1. The molecule has 1 heterocycles. The van der Waals surface area contributed by atoms with Gasteiger partial charge in [0.15, 0.2) is 0 Å². The second-order valence-corrected chi connectivity index (χ2v) is 3.32. The second-order valence-electron chi connectivity index (χ2n) is 2.88. The minimum absolute atomic E-state index is 0.0549. The lowest BCUT2D eigenvalue weighted by atomic mass is 10.4. The quantitative estimate of drug-likeness (QED) is 0.675. The first-order valence-electron chi connectivity index (χ1n) is 3.95. The van der Waals surface area contributed by atoms with Gasteiger partial charge in [-0.15, -0.1) is 0 Å². The largest absolute Gasteiger partial charge is 0.391 e. The van der Waals surface area contributed by atoms with E-state index in [-0.39, 0.29) is 17.9 Å². The second kappa shape index (κ2) is 3.30. The molecule has 0 N–H and O–H groups in total. The molecule has 1 aromatic rings. The van der Waals surface area contributed by atoms with Crippen molar-refractivity contribution >= 4 is 17.6 Å². The van der Waals surface area contributed by atoms with Crippen LogP contribution in [0.2, 0.25) is 5.02 Å². The van der Waals surface area contributed by atoms with Crippen molar-refractivity contribution in [2.24, 2.45) is 5.92 Å². The zero-order chi connectivity index (χ0) is 9.26. The summed E-state index contributed by atoms with van der Waals surface area (Å²) in [7, 11) is 0. The Bertz CT molecular complexity index is 321. The molecular weight excluding hydrogens is 192 g/mol. The van der Waals surface area contributed by atoms with Gasteiger partial charge in [-0.2, -0.15) is 0 Å². The van der Waals surface area contributed by atoms with E-state index in [1.54, 1.807) is 0 Å². The van der Waals surface area contributed by atoms with Gasteiger partial charge < -0.3 is 4.74 Å². The third-order valence-electron chi connectivity index (χ3n) is 1.70. The molecule has 0 unspecified atom stereocenters. The van der Waals surface area contributed by atoms with E-state index in [9.17, 15) is 4.79 Å². The molecule has 4 nitrogen and oxygen atoms in total. The Kier molecular flexibility index (Phi) is 2.14. The molecule has 1 aromatic heterocycles. The van der Waals surface area contributed by atoms with Gasteiger partial charge in [0.05, 0.1) is 23.3 Å². The standard InChI is InChI=1S/C8H7ClN2O2/c9-6-3-10-8(11-4-6)13-7(12)5-1-2-5/h3-5H,1-2H2. The lowest BCUT2D eigenvalue weighted by Crippen LogP contribution is -2.11. The van der Waals surface area contributed by atoms with Crippen molar-refractivity contribution in [3.8, 4) is 6.01 Å². The average Bonchev–Trinajstić information content (AvgIpc) is 2.91. The molecular formula is C8H7ClN2O2. The third-order valence-corrected chi connectivity index (χ3v) is 1.89. The van der Waals surface area contributed by atoms with Crippen molar-refractivity contribution in [3.63, 3.8) is 0 Å². The van der Waals surface area contributed by atoms with Crippen LogP contribution in [0.5, 0.6) is 6.01 Å².